The van der Waals surface area contributed by atoms with Gasteiger partial charge < -0.3 is 9.88 Å². The molecular weight excluding hydrogens is 480 g/mol. The molecule has 6 rings (SSSR count). The van der Waals surface area contributed by atoms with Crippen molar-refractivity contribution in [3.8, 4) is 22.4 Å². The maximum absolute atomic E-state index is 13.8. The molecule has 0 saturated carbocycles. The molecule has 1 aliphatic rings. The Hall–Kier alpha value is -3.90. The number of amides is 1. The Morgan fingerprint density at radius 1 is 0.833 bits per heavy atom. The molecule has 3 aromatic carbocycles. The highest BCUT2D eigenvalue weighted by Gasteiger charge is 2.29. The molecule has 1 N–H and O–H groups in total. The van der Waals surface area contributed by atoms with Crippen LogP contribution in [0.15, 0.2) is 79.0 Å². The minimum Gasteiger partial charge on any atom is -0.325 e. The molecule has 0 aliphatic carbocycles. The summed E-state index contributed by atoms with van der Waals surface area (Å²) >= 11 is 6.02. The Kier molecular flexibility index (Phi) is 5.61. The molecule has 0 saturated heterocycles. The maximum atomic E-state index is 13.8. The fourth-order valence-corrected chi connectivity index (χ4v) is 5.24. The molecule has 1 aliphatic heterocycles. The lowest BCUT2D eigenvalue weighted by Crippen LogP contribution is -2.15. The molecule has 0 spiro atoms. The van der Waals surface area contributed by atoms with Crippen LogP contribution in [0, 0.1) is 11.6 Å². The molecule has 36 heavy (non-hydrogen) atoms. The molecule has 4 nitrogen and oxygen atoms in total. The number of imidazole rings is 1. The number of nitrogens with zero attached hydrogens (tertiary/aromatic N) is 2. The van der Waals surface area contributed by atoms with Crippen LogP contribution in [0.2, 0.25) is 5.02 Å². The van der Waals surface area contributed by atoms with Gasteiger partial charge in [0.25, 0.3) is 5.91 Å². The number of aryl methyl sites for hydroxylation is 2. The minimum atomic E-state index is -0.330. The van der Waals surface area contributed by atoms with Crippen molar-refractivity contribution in [2.75, 3.05) is 5.32 Å². The van der Waals surface area contributed by atoms with Gasteiger partial charge in [-0.25, -0.2) is 8.78 Å². The Bertz CT molecular complexity index is 1580. The fourth-order valence-electron chi connectivity index (χ4n) is 5.11. The maximum Gasteiger partial charge on any atom is 0.273 e. The minimum absolute atomic E-state index is 0.277. The van der Waals surface area contributed by atoms with Gasteiger partial charge in [0, 0.05) is 34.6 Å². The predicted molar refractivity (Wildman–Crippen MR) is 139 cm³/mol. The molecule has 5 aromatic rings. The van der Waals surface area contributed by atoms with E-state index in [0.29, 0.717) is 16.4 Å². The first-order chi connectivity index (χ1) is 17.5. The second-order valence-corrected chi connectivity index (χ2v) is 9.43. The summed E-state index contributed by atoms with van der Waals surface area (Å²) in [7, 11) is 0. The quantitative estimate of drug-likeness (QED) is 0.270. The SMILES string of the molecule is O=C(Nc1ccc(Cl)cc1)c1c(-c2ccc(F)cc2)c2c3n(c(-c4ccc(F)cc4)cn13)CCCC2. The van der Waals surface area contributed by atoms with E-state index in [0.717, 1.165) is 59.4 Å². The molecule has 0 radical (unpaired) electrons. The van der Waals surface area contributed by atoms with Crippen LogP contribution in [0.5, 0.6) is 0 Å². The zero-order valence-electron chi connectivity index (χ0n) is 19.3. The van der Waals surface area contributed by atoms with E-state index in [2.05, 4.69) is 9.88 Å². The summed E-state index contributed by atoms with van der Waals surface area (Å²) in [6.07, 6.45) is 4.66. The predicted octanol–water partition coefficient (Wildman–Crippen LogP) is 7.60. The monoisotopic (exact) mass is 501 g/mol. The smallest absolute Gasteiger partial charge is 0.273 e. The van der Waals surface area contributed by atoms with E-state index in [1.807, 2.05) is 10.6 Å². The van der Waals surface area contributed by atoms with Crippen molar-refractivity contribution in [2.45, 2.75) is 25.8 Å². The molecular formula is C29H22ClF2N3O. The lowest BCUT2D eigenvalue weighted by Gasteiger charge is -2.10. The zero-order chi connectivity index (χ0) is 24.8. The van der Waals surface area contributed by atoms with E-state index in [-0.39, 0.29) is 17.5 Å². The summed E-state index contributed by atoms with van der Waals surface area (Å²) in [5, 5.41) is 3.58. The standard InChI is InChI=1S/C29H22ClF2N3O/c30-20-8-14-23(15-9-20)33-28(36)27-26(19-6-12-22(32)13-7-19)24-3-1-2-16-34-25(17-35(27)29(24)34)18-4-10-21(31)11-5-18/h4-15,17H,1-3,16H2,(H,33,36). The van der Waals surface area contributed by atoms with Crippen LogP contribution in [-0.4, -0.2) is 14.9 Å². The average molecular weight is 502 g/mol. The van der Waals surface area contributed by atoms with Gasteiger partial charge in [-0.3, -0.25) is 9.20 Å². The lowest BCUT2D eigenvalue weighted by molar-refractivity contribution is 0.102. The van der Waals surface area contributed by atoms with Gasteiger partial charge in [0.1, 0.15) is 23.0 Å². The summed E-state index contributed by atoms with van der Waals surface area (Å²) < 4.78 is 31.6. The van der Waals surface area contributed by atoms with Crippen LogP contribution in [0.3, 0.4) is 0 Å². The molecule has 0 atom stereocenters. The van der Waals surface area contributed by atoms with Crippen LogP contribution >= 0.6 is 11.6 Å². The number of carbonyl (C=O) groups is 1. The normalized spacial score (nSPS) is 13.1. The highest BCUT2D eigenvalue weighted by molar-refractivity contribution is 6.30. The number of aromatic nitrogens is 2. The van der Waals surface area contributed by atoms with E-state index >= 15 is 0 Å². The van der Waals surface area contributed by atoms with Gasteiger partial charge in [0.05, 0.1) is 5.69 Å². The van der Waals surface area contributed by atoms with Crippen LogP contribution in [0.25, 0.3) is 28.0 Å². The van der Waals surface area contributed by atoms with E-state index in [1.165, 1.54) is 24.3 Å². The van der Waals surface area contributed by atoms with Crippen LogP contribution in [-0.2, 0) is 13.0 Å². The summed E-state index contributed by atoms with van der Waals surface area (Å²) in [4.78, 5) is 13.8. The van der Waals surface area contributed by atoms with Crippen molar-refractivity contribution in [3.05, 3.63) is 107 Å². The van der Waals surface area contributed by atoms with Gasteiger partial charge >= 0.3 is 0 Å². The first-order valence-electron chi connectivity index (χ1n) is 11.8. The Morgan fingerprint density at radius 3 is 2.14 bits per heavy atom. The number of carbonyl (C=O) groups excluding carboxylic acids is 1. The van der Waals surface area contributed by atoms with E-state index < -0.39 is 0 Å². The van der Waals surface area contributed by atoms with Gasteiger partial charge in [-0.2, -0.15) is 0 Å². The number of hydrogen-bond donors (Lipinski definition) is 1. The Morgan fingerprint density at radius 2 is 1.47 bits per heavy atom. The third-order valence-electron chi connectivity index (χ3n) is 6.72. The highest BCUT2D eigenvalue weighted by atomic mass is 35.5. The second-order valence-electron chi connectivity index (χ2n) is 8.99. The number of nitrogens with one attached hydrogen (secondary N) is 1. The molecule has 3 heterocycles. The molecule has 0 bridgehead atoms. The zero-order valence-corrected chi connectivity index (χ0v) is 20.0. The van der Waals surface area contributed by atoms with Gasteiger partial charge in [-0.05, 0) is 91.1 Å². The van der Waals surface area contributed by atoms with Crippen LogP contribution in [0.4, 0.5) is 14.5 Å². The summed E-state index contributed by atoms with van der Waals surface area (Å²) in [6, 6.07) is 19.6. The number of hydrogen-bond acceptors (Lipinski definition) is 1. The molecule has 0 fully saturated rings. The van der Waals surface area contributed by atoms with E-state index in [1.54, 1.807) is 48.5 Å². The average Bonchev–Trinajstić information content (AvgIpc) is 3.29. The first kappa shape index (κ1) is 22.6. The second kappa shape index (κ2) is 8.95. The molecule has 1 amide bonds. The summed E-state index contributed by atoms with van der Waals surface area (Å²) in [6.45, 7) is 0.779. The summed E-state index contributed by atoms with van der Waals surface area (Å²) in [5.74, 6) is -0.903. The highest BCUT2D eigenvalue weighted by Crippen LogP contribution is 2.39. The Labute approximate surface area is 211 Å². The summed E-state index contributed by atoms with van der Waals surface area (Å²) in [5.41, 5.74) is 6.47. The molecule has 2 aromatic heterocycles. The fraction of sp³-hybridized carbons (Fsp3) is 0.138. The van der Waals surface area contributed by atoms with E-state index in [4.69, 9.17) is 11.6 Å². The third kappa shape index (κ3) is 3.88. The van der Waals surface area contributed by atoms with Crippen molar-refractivity contribution in [2.24, 2.45) is 0 Å². The molecule has 0 unspecified atom stereocenters. The van der Waals surface area contributed by atoms with Crippen molar-refractivity contribution < 1.29 is 13.6 Å². The lowest BCUT2D eigenvalue weighted by atomic mass is 9.97. The van der Waals surface area contributed by atoms with Crippen molar-refractivity contribution >= 4 is 28.8 Å². The van der Waals surface area contributed by atoms with Crippen molar-refractivity contribution in [3.63, 3.8) is 0 Å². The van der Waals surface area contributed by atoms with Gasteiger partial charge in [-0.1, -0.05) is 23.7 Å². The van der Waals surface area contributed by atoms with E-state index in [9.17, 15) is 13.6 Å². The first-order valence-corrected chi connectivity index (χ1v) is 12.2. The number of halogens is 3. The van der Waals surface area contributed by atoms with Gasteiger partial charge in [-0.15, -0.1) is 0 Å². The largest absolute Gasteiger partial charge is 0.325 e. The van der Waals surface area contributed by atoms with Gasteiger partial charge in [0.15, 0.2) is 0 Å². The van der Waals surface area contributed by atoms with Crippen LogP contribution in [0.1, 0.15) is 28.9 Å². The van der Waals surface area contributed by atoms with Crippen molar-refractivity contribution in [1.29, 1.82) is 0 Å². The van der Waals surface area contributed by atoms with Crippen molar-refractivity contribution in [1.82, 2.24) is 8.97 Å². The van der Waals surface area contributed by atoms with Gasteiger partial charge in [0.2, 0.25) is 0 Å². The molecule has 180 valence electrons. The Balaban J connectivity index is 1.60. The molecule has 7 heteroatoms. The topological polar surface area (TPSA) is 38.4 Å². The van der Waals surface area contributed by atoms with Crippen LogP contribution < -0.4 is 5.32 Å². The number of anilines is 1. The third-order valence-corrected chi connectivity index (χ3v) is 6.98. The number of rotatable bonds is 4. The number of benzene rings is 3.